The molecule has 136 valence electrons. The van der Waals surface area contributed by atoms with Crippen LogP contribution in [0.1, 0.15) is 72.1 Å². The molecule has 1 saturated heterocycles. The molecule has 0 aromatic heterocycles. The fraction of sp³-hybridized carbons (Fsp3) is 0.833. The van der Waals surface area contributed by atoms with Crippen LogP contribution in [0, 0.1) is 5.92 Å². The zero-order valence-electron chi connectivity index (χ0n) is 15.2. The molecule has 2 N–H and O–H groups in total. The number of rotatable bonds is 6. The van der Waals surface area contributed by atoms with Gasteiger partial charge in [-0.15, -0.1) is 0 Å². The third-order valence-electron chi connectivity index (χ3n) is 5.09. The number of carbonyl (C=O) groups excluding carboxylic acids is 3. The van der Waals surface area contributed by atoms with Crippen molar-refractivity contribution in [1.29, 1.82) is 0 Å². The number of nitrogens with zero attached hydrogens (tertiary/aromatic N) is 1. The van der Waals surface area contributed by atoms with E-state index in [-0.39, 0.29) is 24.4 Å². The Morgan fingerprint density at radius 2 is 1.88 bits per heavy atom. The van der Waals surface area contributed by atoms with Crippen molar-refractivity contribution < 1.29 is 14.4 Å². The molecule has 0 radical (unpaired) electrons. The van der Waals surface area contributed by atoms with Crippen LogP contribution < -0.4 is 10.6 Å². The van der Waals surface area contributed by atoms with Crippen LogP contribution in [0.3, 0.4) is 0 Å². The van der Waals surface area contributed by atoms with Crippen molar-refractivity contribution in [3.05, 3.63) is 0 Å². The lowest BCUT2D eigenvalue weighted by Gasteiger charge is -2.23. The largest absolute Gasteiger partial charge is 0.352 e. The van der Waals surface area contributed by atoms with Crippen LogP contribution in [0.4, 0.5) is 4.79 Å². The molecule has 0 spiro atoms. The molecule has 1 aliphatic carbocycles. The van der Waals surface area contributed by atoms with Gasteiger partial charge in [0.1, 0.15) is 12.1 Å². The molecule has 1 unspecified atom stereocenters. The lowest BCUT2D eigenvalue weighted by Crippen LogP contribution is -2.46. The van der Waals surface area contributed by atoms with Crippen molar-refractivity contribution in [3.8, 4) is 0 Å². The van der Waals surface area contributed by atoms with Crippen LogP contribution in [-0.4, -0.2) is 40.9 Å². The fourth-order valence-electron chi connectivity index (χ4n) is 3.48. The number of carbonyl (C=O) groups is 3. The van der Waals surface area contributed by atoms with E-state index in [1.807, 2.05) is 0 Å². The first-order valence-corrected chi connectivity index (χ1v) is 9.25. The Morgan fingerprint density at radius 3 is 2.46 bits per heavy atom. The maximum Gasteiger partial charge on any atom is 0.325 e. The summed E-state index contributed by atoms with van der Waals surface area (Å²) in [6, 6.07) is -0.282. The van der Waals surface area contributed by atoms with Crippen molar-refractivity contribution in [2.75, 3.05) is 6.54 Å². The summed E-state index contributed by atoms with van der Waals surface area (Å²) in [7, 11) is 0. The third-order valence-corrected chi connectivity index (χ3v) is 5.09. The van der Waals surface area contributed by atoms with Gasteiger partial charge in [-0.25, -0.2) is 4.79 Å². The standard InChI is InChI=1S/C18H31N3O3/c1-13(2)10-11-18(3)16(23)21(17(24)20-18)12-15(22)19-14-8-6-4-5-7-9-14/h13-14H,4-12H2,1-3H3,(H,19,22)(H,20,24). The Bertz CT molecular complexity index is 484. The average molecular weight is 337 g/mol. The van der Waals surface area contributed by atoms with E-state index in [9.17, 15) is 14.4 Å². The predicted molar refractivity (Wildman–Crippen MR) is 92.4 cm³/mol. The Kier molecular flexibility index (Phi) is 6.24. The molecule has 2 rings (SSSR count). The van der Waals surface area contributed by atoms with Gasteiger partial charge in [0.05, 0.1) is 0 Å². The summed E-state index contributed by atoms with van der Waals surface area (Å²) >= 11 is 0. The van der Waals surface area contributed by atoms with E-state index in [2.05, 4.69) is 24.5 Å². The summed E-state index contributed by atoms with van der Waals surface area (Å²) in [5, 5.41) is 5.75. The number of amides is 4. The number of urea groups is 1. The van der Waals surface area contributed by atoms with Crippen LogP contribution >= 0.6 is 0 Å². The molecule has 1 atom stereocenters. The van der Waals surface area contributed by atoms with Gasteiger partial charge in [0.25, 0.3) is 5.91 Å². The third kappa shape index (κ3) is 4.71. The molecular formula is C18H31N3O3. The average Bonchev–Trinajstić information content (AvgIpc) is 2.71. The van der Waals surface area contributed by atoms with Crippen LogP contribution in [0.5, 0.6) is 0 Å². The molecule has 0 aromatic carbocycles. The molecule has 24 heavy (non-hydrogen) atoms. The van der Waals surface area contributed by atoms with Crippen molar-refractivity contribution in [1.82, 2.24) is 15.5 Å². The first-order chi connectivity index (χ1) is 11.3. The Morgan fingerprint density at radius 1 is 1.25 bits per heavy atom. The summed E-state index contributed by atoms with van der Waals surface area (Å²) in [6.45, 7) is 5.74. The normalized spacial score (nSPS) is 25.8. The van der Waals surface area contributed by atoms with E-state index in [0.717, 1.165) is 37.0 Å². The van der Waals surface area contributed by atoms with Crippen LogP contribution in [0.15, 0.2) is 0 Å². The quantitative estimate of drug-likeness (QED) is 0.577. The maximum absolute atomic E-state index is 12.6. The minimum absolute atomic E-state index is 0.174. The van der Waals surface area contributed by atoms with Crippen LogP contribution in [0.25, 0.3) is 0 Å². The van der Waals surface area contributed by atoms with Crippen LogP contribution in [-0.2, 0) is 9.59 Å². The SMILES string of the molecule is CC(C)CCC1(C)NC(=O)N(CC(=O)NC2CCCCCC2)C1=O. The van der Waals surface area contributed by atoms with E-state index in [0.29, 0.717) is 12.3 Å². The molecule has 4 amide bonds. The lowest BCUT2D eigenvalue weighted by molar-refractivity contribution is -0.135. The summed E-state index contributed by atoms with van der Waals surface area (Å²) in [5.41, 5.74) is -0.885. The predicted octanol–water partition coefficient (Wildman–Crippen LogP) is 2.57. The zero-order chi connectivity index (χ0) is 17.7. The highest BCUT2D eigenvalue weighted by atomic mass is 16.2. The molecule has 1 aliphatic heterocycles. The molecule has 6 heteroatoms. The van der Waals surface area contributed by atoms with Gasteiger partial charge in [0.2, 0.25) is 5.91 Å². The Balaban J connectivity index is 1.90. The lowest BCUT2D eigenvalue weighted by atomic mass is 9.92. The van der Waals surface area contributed by atoms with Gasteiger partial charge in [-0.2, -0.15) is 0 Å². The van der Waals surface area contributed by atoms with Gasteiger partial charge in [0.15, 0.2) is 0 Å². The first-order valence-electron chi connectivity index (χ1n) is 9.25. The molecule has 1 heterocycles. The van der Waals surface area contributed by atoms with Gasteiger partial charge < -0.3 is 10.6 Å². The topological polar surface area (TPSA) is 78.5 Å². The molecule has 0 aromatic rings. The monoisotopic (exact) mass is 337 g/mol. The summed E-state index contributed by atoms with van der Waals surface area (Å²) in [5.74, 6) is -0.0678. The van der Waals surface area contributed by atoms with Gasteiger partial charge >= 0.3 is 6.03 Å². The van der Waals surface area contributed by atoms with E-state index in [1.54, 1.807) is 6.92 Å². The fourth-order valence-corrected chi connectivity index (χ4v) is 3.48. The van der Waals surface area contributed by atoms with E-state index >= 15 is 0 Å². The zero-order valence-corrected chi connectivity index (χ0v) is 15.2. The highest BCUT2D eigenvalue weighted by molar-refractivity contribution is 6.08. The van der Waals surface area contributed by atoms with Crippen molar-refractivity contribution in [2.45, 2.75) is 83.7 Å². The number of hydrogen-bond donors (Lipinski definition) is 2. The minimum Gasteiger partial charge on any atom is -0.352 e. The molecule has 2 fully saturated rings. The number of hydrogen-bond acceptors (Lipinski definition) is 3. The van der Waals surface area contributed by atoms with Crippen molar-refractivity contribution in [3.63, 3.8) is 0 Å². The van der Waals surface area contributed by atoms with E-state index in [4.69, 9.17) is 0 Å². The molecule has 1 saturated carbocycles. The van der Waals surface area contributed by atoms with Crippen molar-refractivity contribution in [2.24, 2.45) is 5.92 Å². The second-order valence-corrected chi connectivity index (χ2v) is 7.84. The highest BCUT2D eigenvalue weighted by Crippen LogP contribution is 2.24. The molecule has 0 bridgehead atoms. The Labute approximate surface area is 144 Å². The van der Waals surface area contributed by atoms with Gasteiger partial charge in [-0.3, -0.25) is 14.5 Å². The summed E-state index contributed by atoms with van der Waals surface area (Å²) < 4.78 is 0. The van der Waals surface area contributed by atoms with Crippen molar-refractivity contribution >= 4 is 17.8 Å². The van der Waals surface area contributed by atoms with Crippen LogP contribution in [0.2, 0.25) is 0 Å². The minimum atomic E-state index is -0.885. The Hall–Kier alpha value is -1.59. The molecule has 6 nitrogen and oxygen atoms in total. The van der Waals surface area contributed by atoms with E-state index < -0.39 is 11.6 Å². The summed E-state index contributed by atoms with van der Waals surface area (Å²) in [6.07, 6.45) is 8.10. The molecule has 2 aliphatic rings. The van der Waals surface area contributed by atoms with Gasteiger partial charge in [0, 0.05) is 6.04 Å². The van der Waals surface area contributed by atoms with E-state index in [1.165, 1.54) is 12.8 Å². The number of imide groups is 1. The smallest absolute Gasteiger partial charge is 0.325 e. The second kappa shape index (κ2) is 7.99. The van der Waals surface area contributed by atoms with Gasteiger partial charge in [-0.1, -0.05) is 39.5 Å². The number of nitrogens with one attached hydrogen (secondary N) is 2. The first kappa shape index (κ1) is 18.7. The summed E-state index contributed by atoms with van der Waals surface area (Å²) in [4.78, 5) is 38.1. The highest BCUT2D eigenvalue weighted by Gasteiger charge is 2.47. The molecular weight excluding hydrogens is 306 g/mol. The second-order valence-electron chi connectivity index (χ2n) is 7.84. The maximum atomic E-state index is 12.6. The van der Waals surface area contributed by atoms with Gasteiger partial charge in [-0.05, 0) is 38.5 Å².